The predicted molar refractivity (Wildman–Crippen MR) is 128 cm³/mol. The van der Waals surface area contributed by atoms with Crippen LogP contribution in [0.1, 0.15) is 70.2 Å². The van der Waals surface area contributed by atoms with Crippen molar-refractivity contribution in [2.75, 3.05) is 19.0 Å². The largest absolute Gasteiger partial charge is 0.465 e. The third-order valence-electron chi connectivity index (χ3n) is 5.78. The molecule has 1 fully saturated rings. The van der Waals surface area contributed by atoms with Crippen molar-refractivity contribution in [3.05, 3.63) is 31.9 Å². The molecule has 0 unspecified atom stereocenters. The van der Waals surface area contributed by atoms with E-state index < -0.39 is 11.9 Å². The molecule has 0 saturated heterocycles. The molecule has 0 spiro atoms. The molecule has 0 aromatic carbocycles. The first kappa shape index (κ1) is 24.5. The highest BCUT2D eigenvalue weighted by Gasteiger charge is 2.41. The minimum atomic E-state index is -4.49. The Morgan fingerprint density at radius 1 is 1.33 bits per heavy atom. The summed E-state index contributed by atoms with van der Waals surface area (Å²) in [6.45, 7) is 0.796. The second-order valence-electron chi connectivity index (χ2n) is 8.18. The Hall–Kier alpha value is -1.66. The summed E-state index contributed by atoms with van der Waals surface area (Å²) in [4.78, 5) is 13.5. The number of alkyl halides is 3. The van der Waals surface area contributed by atoms with Crippen molar-refractivity contribution in [1.29, 1.82) is 0 Å². The van der Waals surface area contributed by atoms with Crippen LogP contribution in [0.2, 0.25) is 0 Å². The first-order valence-corrected chi connectivity index (χ1v) is 12.8. The minimum Gasteiger partial charge on any atom is -0.465 e. The fourth-order valence-corrected chi connectivity index (χ4v) is 6.48. The van der Waals surface area contributed by atoms with Gasteiger partial charge >= 0.3 is 12.1 Å². The maximum absolute atomic E-state index is 13.3. The lowest BCUT2D eigenvalue weighted by Crippen LogP contribution is -2.30. The van der Waals surface area contributed by atoms with Crippen LogP contribution in [0.5, 0.6) is 0 Å². The highest BCUT2D eigenvalue weighted by Crippen LogP contribution is 2.47. The molecule has 0 bridgehead atoms. The van der Waals surface area contributed by atoms with E-state index in [0.29, 0.717) is 40.9 Å². The molecule has 2 aromatic rings. The number of thiocarbonyl (C=S) groups is 1. The average molecular weight is 565 g/mol. The third kappa shape index (κ3) is 5.37. The summed E-state index contributed by atoms with van der Waals surface area (Å²) < 4.78 is 46.2. The van der Waals surface area contributed by atoms with Gasteiger partial charge in [0.15, 0.2) is 10.8 Å². The van der Waals surface area contributed by atoms with Gasteiger partial charge in [-0.2, -0.15) is 18.3 Å². The normalized spacial score (nSPS) is 15.8. The number of hydrogen-bond donors (Lipinski definition) is 2. The van der Waals surface area contributed by atoms with Crippen LogP contribution >= 0.6 is 39.5 Å². The van der Waals surface area contributed by atoms with Crippen LogP contribution < -0.4 is 10.6 Å². The maximum atomic E-state index is 13.3. The number of carbonyl (C=O) groups is 1. The molecule has 1 saturated carbocycles. The smallest absolute Gasteiger partial charge is 0.436 e. The molecule has 2 heterocycles. The Morgan fingerprint density at radius 2 is 2.06 bits per heavy atom. The van der Waals surface area contributed by atoms with E-state index >= 15 is 0 Å². The van der Waals surface area contributed by atoms with Gasteiger partial charge in [0.1, 0.15) is 5.00 Å². The molecule has 2 N–H and O–H groups in total. The number of halogens is 4. The van der Waals surface area contributed by atoms with Gasteiger partial charge in [-0.1, -0.05) is 0 Å². The van der Waals surface area contributed by atoms with E-state index in [9.17, 15) is 18.0 Å². The maximum Gasteiger partial charge on any atom is 0.436 e. The average Bonchev–Trinajstić information content (AvgIpc) is 3.44. The molecule has 4 rings (SSSR count). The van der Waals surface area contributed by atoms with Crippen LogP contribution in [0.25, 0.3) is 0 Å². The highest BCUT2D eigenvalue weighted by atomic mass is 79.9. The van der Waals surface area contributed by atoms with E-state index in [-0.39, 0.29) is 16.4 Å². The van der Waals surface area contributed by atoms with Crippen molar-refractivity contribution in [3.8, 4) is 0 Å². The topological polar surface area (TPSA) is 68.2 Å². The molecule has 2 aromatic heterocycles. The van der Waals surface area contributed by atoms with Gasteiger partial charge in [0.05, 0.1) is 22.8 Å². The number of rotatable bonds is 7. The Bertz CT molecular complexity index is 1060. The van der Waals surface area contributed by atoms with Gasteiger partial charge in [-0.05, 0) is 78.7 Å². The number of ether oxygens (including phenoxy) is 1. The SMILES string of the molecule is COC(=O)c1c(NC(=S)NCCCn2nc(C(F)(F)F)c(Br)c2C2CC2)sc2c1CCCC2. The number of methoxy groups -OCH3 is 1. The molecule has 6 nitrogen and oxygen atoms in total. The van der Waals surface area contributed by atoms with Crippen LogP contribution in [-0.2, 0) is 30.3 Å². The highest BCUT2D eigenvalue weighted by molar-refractivity contribution is 9.10. The fraction of sp³-hybridized carbons (Fsp3) is 0.571. The number of carbonyl (C=O) groups excluding carboxylic acids is 1. The zero-order valence-electron chi connectivity index (χ0n) is 18.0. The van der Waals surface area contributed by atoms with Crippen LogP contribution in [-0.4, -0.2) is 34.5 Å². The van der Waals surface area contributed by atoms with Crippen molar-refractivity contribution in [1.82, 2.24) is 15.1 Å². The van der Waals surface area contributed by atoms with Gasteiger partial charge in [-0.25, -0.2) is 4.79 Å². The lowest BCUT2D eigenvalue weighted by Gasteiger charge is -2.13. The Labute approximate surface area is 207 Å². The Balaban J connectivity index is 1.36. The summed E-state index contributed by atoms with van der Waals surface area (Å²) >= 11 is 10.0. The van der Waals surface area contributed by atoms with Crippen LogP contribution in [0.15, 0.2) is 4.47 Å². The molecule has 0 atom stereocenters. The molecule has 0 aliphatic heterocycles. The summed E-state index contributed by atoms with van der Waals surface area (Å²) in [5, 5.41) is 11.1. The van der Waals surface area contributed by atoms with E-state index in [2.05, 4.69) is 31.7 Å². The molecule has 33 heavy (non-hydrogen) atoms. The molecule has 0 amide bonds. The van der Waals surface area contributed by atoms with Crippen molar-refractivity contribution < 1.29 is 22.7 Å². The lowest BCUT2D eigenvalue weighted by molar-refractivity contribution is -0.142. The van der Waals surface area contributed by atoms with Gasteiger partial charge < -0.3 is 15.4 Å². The number of aryl methyl sites for hydroxylation is 2. The van der Waals surface area contributed by atoms with Crippen molar-refractivity contribution >= 4 is 55.6 Å². The Kier molecular flexibility index (Phi) is 7.35. The number of anilines is 1. The second-order valence-corrected chi connectivity index (χ2v) is 10.5. The van der Waals surface area contributed by atoms with Gasteiger partial charge in [0, 0.05) is 23.9 Å². The molecular weight excluding hydrogens is 541 g/mol. The van der Waals surface area contributed by atoms with Gasteiger partial charge in [-0.15, -0.1) is 11.3 Å². The van der Waals surface area contributed by atoms with E-state index in [1.54, 1.807) is 0 Å². The van der Waals surface area contributed by atoms with Crippen molar-refractivity contribution in [2.24, 2.45) is 0 Å². The summed E-state index contributed by atoms with van der Waals surface area (Å²) in [5.41, 5.74) is 1.35. The van der Waals surface area contributed by atoms with Crippen molar-refractivity contribution in [2.45, 2.75) is 63.6 Å². The number of nitrogens with one attached hydrogen (secondary N) is 2. The summed E-state index contributed by atoms with van der Waals surface area (Å²) in [5.74, 6) is -0.252. The van der Waals surface area contributed by atoms with Crippen LogP contribution in [0, 0.1) is 0 Å². The number of hydrogen-bond acceptors (Lipinski definition) is 5. The first-order valence-electron chi connectivity index (χ1n) is 10.8. The molecule has 12 heteroatoms. The number of esters is 1. The van der Waals surface area contributed by atoms with E-state index in [1.807, 2.05) is 0 Å². The summed E-state index contributed by atoms with van der Waals surface area (Å²) in [6, 6.07) is 0. The summed E-state index contributed by atoms with van der Waals surface area (Å²) in [7, 11) is 1.36. The van der Waals surface area contributed by atoms with Crippen molar-refractivity contribution in [3.63, 3.8) is 0 Å². The van der Waals surface area contributed by atoms with E-state index in [0.717, 1.165) is 44.1 Å². The van der Waals surface area contributed by atoms with Gasteiger partial charge in [-0.3, -0.25) is 4.68 Å². The quantitative estimate of drug-likeness (QED) is 0.257. The monoisotopic (exact) mass is 564 g/mol. The van der Waals surface area contributed by atoms with E-state index in [4.69, 9.17) is 17.0 Å². The van der Waals surface area contributed by atoms with Gasteiger partial charge in [0.2, 0.25) is 0 Å². The predicted octanol–water partition coefficient (Wildman–Crippen LogP) is 5.65. The first-order chi connectivity index (χ1) is 15.7. The summed E-state index contributed by atoms with van der Waals surface area (Å²) in [6.07, 6.45) is 1.72. The van der Waals surface area contributed by atoms with Gasteiger partial charge in [0.25, 0.3) is 0 Å². The molecule has 180 valence electrons. The molecule has 0 radical (unpaired) electrons. The number of nitrogens with zero attached hydrogens (tertiary/aromatic N) is 2. The zero-order chi connectivity index (χ0) is 23.8. The molecule has 2 aliphatic rings. The molecule has 2 aliphatic carbocycles. The second kappa shape index (κ2) is 9.91. The lowest BCUT2D eigenvalue weighted by atomic mass is 9.95. The van der Waals surface area contributed by atoms with E-state index in [1.165, 1.54) is 28.0 Å². The van der Waals surface area contributed by atoms with Crippen LogP contribution in [0.4, 0.5) is 18.2 Å². The number of thiophene rings is 1. The standard InChI is InChI=1S/C21H24BrF3N4O2S2/c1-31-19(30)14-12-5-2-3-6-13(12)33-18(14)27-20(32)26-9-4-10-29-16(11-7-8-11)15(22)17(28-29)21(23,24)25/h11H,2-10H2,1H3,(H2,26,27,32). The molecular formula is C21H24BrF3N4O2S2. The fourth-order valence-electron chi connectivity index (χ4n) is 4.10. The minimum absolute atomic E-state index is 0.0552. The van der Waals surface area contributed by atoms with Crippen LogP contribution in [0.3, 0.4) is 0 Å². The number of fused-ring (bicyclic) bond motifs is 1. The Morgan fingerprint density at radius 3 is 2.73 bits per heavy atom. The third-order valence-corrected chi connectivity index (χ3v) is 8.02. The number of aromatic nitrogens is 2. The zero-order valence-corrected chi connectivity index (χ0v) is 21.2.